The summed E-state index contributed by atoms with van der Waals surface area (Å²) in [6.45, 7) is 2.76. The number of hydrogen-bond acceptors (Lipinski definition) is 4. The number of ether oxygens (including phenoxy) is 2. The Bertz CT molecular complexity index is 601. The lowest BCUT2D eigenvalue weighted by molar-refractivity contribution is 0.102. The van der Waals surface area contributed by atoms with Crippen LogP contribution in [0.15, 0.2) is 30.3 Å². The Morgan fingerprint density at radius 2 is 1.89 bits per heavy atom. The molecule has 0 spiro atoms. The monoisotopic (exact) mass is 260 g/mol. The second kappa shape index (κ2) is 4.46. The highest BCUT2D eigenvalue weighted by Crippen LogP contribution is 2.36. The molecule has 0 atom stereocenters. The molecule has 2 aromatic rings. The van der Waals surface area contributed by atoms with E-state index in [4.69, 9.17) is 9.47 Å². The van der Waals surface area contributed by atoms with E-state index in [2.05, 4.69) is 0 Å². The number of benzene rings is 1. The molecule has 0 saturated carbocycles. The summed E-state index contributed by atoms with van der Waals surface area (Å²) in [7, 11) is 0. The van der Waals surface area contributed by atoms with Gasteiger partial charge in [-0.25, -0.2) is 0 Å². The van der Waals surface area contributed by atoms with Gasteiger partial charge in [-0.1, -0.05) is 0 Å². The van der Waals surface area contributed by atoms with Gasteiger partial charge in [0.15, 0.2) is 17.3 Å². The first-order valence-corrected chi connectivity index (χ1v) is 6.56. The summed E-state index contributed by atoms with van der Waals surface area (Å²) >= 11 is 1.50. The molecule has 1 aliphatic rings. The zero-order valence-electron chi connectivity index (χ0n) is 9.93. The number of ketones is 1. The largest absolute Gasteiger partial charge is 0.486 e. The first-order valence-electron chi connectivity index (χ1n) is 5.75. The van der Waals surface area contributed by atoms with E-state index in [0.717, 1.165) is 26.8 Å². The predicted molar refractivity (Wildman–Crippen MR) is 70.7 cm³/mol. The Morgan fingerprint density at radius 1 is 1.11 bits per heavy atom. The maximum Gasteiger partial charge on any atom is 0.169 e. The van der Waals surface area contributed by atoms with Crippen molar-refractivity contribution in [1.82, 2.24) is 0 Å². The number of hydrogen-bond donors (Lipinski definition) is 0. The van der Waals surface area contributed by atoms with Crippen molar-refractivity contribution in [3.63, 3.8) is 0 Å². The predicted octanol–water partition coefficient (Wildman–Crippen LogP) is 3.39. The number of Topliss-reactive ketones (excluding diaryl/α,β-unsaturated/α-hetero) is 1. The van der Waals surface area contributed by atoms with Gasteiger partial charge in [0, 0.05) is 4.88 Å². The molecule has 0 aliphatic carbocycles. The van der Waals surface area contributed by atoms with Crippen LogP contribution in [-0.2, 0) is 0 Å². The maximum absolute atomic E-state index is 11.3. The quantitative estimate of drug-likeness (QED) is 0.776. The first kappa shape index (κ1) is 11.3. The minimum absolute atomic E-state index is 0.101. The van der Waals surface area contributed by atoms with Crippen LogP contribution in [0.4, 0.5) is 0 Å². The van der Waals surface area contributed by atoms with Gasteiger partial charge < -0.3 is 9.47 Å². The summed E-state index contributed by atoms with van der Waals surface area (Å²) in [6, 6.07) is 9.69. The van der Waals surface area contributed by atoms with Crippen LogP contribution in [0.25, 0.3) is 10.4 Å². The van der Waals surface area contributed by atoms with Gasteiger partial charge in [0.25, 0.3) is 0 Å². The van der Waals surface area contributed by atoms with Gasteiger partial charge in [-0.2, -0.15) is 0 Å². The van der Waals surface area contributed by atoms with Crippen molar-refractivity contribution < 1.29 is 14.3 Å². The topological polar surface area (TPSA) is 35.5 Å². The Balaban J connectivity index is 1.98. The number of carbonyl (C=O) groups excluding carboxylic acids is 1. The van der Waals surface area contributed by atoms with Gasteiger partial charge in [-0.15, -0.1) is 11.3 Å². The maximum atomic E-state index is 11.3. The Labute approximate surface area is 109 Å². The second-order valence-corrected chi connectivity index (χ2v) is 5.16. The lowest BCUT2D eigenvalue weighted by Gasteiger charge is -2.18. The lowest BCUT2D eigenvalue weighted by atomic mass is 10.1. The minimum atomic E-state index is 0.101. The molecule has 3 nitrogen and oxygen atoms in total. The SMILES string of the molecule is CC(=O)c1ccc(-c2ccc3c(c2)OCCO3)s1. The molecule has 2 heterocycles. The number of carbonyl (C=O) groups is 1. The molecule has 0 amide bonds. The number of rotatable bonds is 2. The molecule has 3 rings (SSSR count). The van der Waals surface area contributed by atoms with Crippen molar-refractivity contribution in [2.24, 2.45) is 0 Å². The van der Waals surface area contributed by atoms with Gasteiger partial charge in [0.1, 0.15) is 13.2 Å². The van der Waals surface area contributed by atoms with Crippen molar-refractivity contribution >= 4 is 17.1 Å². The van der Waals surface area contributed by atoms with Crippen molar-refractivity contribution in [3.8, 4) is 21.9 Å². The van der Waals surface area contributed by atoms with E-state index < -0.39 is 0 Å². The molecule has 0 unspecified atom stereocenters. The van der Waals surface area contributed by atoms with Crippen LogP contribution in [0, 0.1) is 0 Å². The van der Waals surface area contributed by atoms with Crippen LogP contribution in [-0.4, -0.2) is 19.0 Å². The number of thiophene rings is 1. The van der Waals surface area contributed by atoms with Crippen molar-refractivity contribution in [2.75, 3.05) is 13.2 Å². The summed E-state index contributed by atoms with van der Waals surface area (Å²) < 4.78 is 11.0. The van der Waals surface area contributed by atoms with E-state index in [0.29, 0.717) is 13.2 Å². The van der Waals surface area contributed by atoms with Gasteiger partial charge in [-0.3, -0.25) is 4.79 Å². The van der Waals surface area contributed by atoms with Gasteiger partial charge in [-0.05, 0) is 42.8 Å². The molecule has 0 saturated heterocycles. The third kappa shape index (κ3) is 1.99. The fraction of sp³-hybridized carbons (Fsp3) is 0.214. The summed E-state index contributed by atoms with van der Waals surface area (Å²) in [5.74, 6) is 1.66. The summed E-state index contributed by atoms with van der Waals surface area (Å²) in [5.41, 5.74) is 1.05. The third-order valence-electron chi connectivity index (χ3n) is 2.78. The highest BCUT2D eigenvalue weighted by molar-refractivity contribution is 7.17. The second-order valence-electron chi connectivity index (χ2n) is 4.08. The van der Waals surface area contributed by atoms with E-state index >= 15 is 0 Å². The van der Waals surface area contributed by atoms with Crippen LogP contribution < -0.4 is 9.47 Å². The fourth-order valence-corrected chi connectivity index (χ4v) is 2.78. The van der Waals surface area contributed by atoms with E-state index in [1.54, 1.807) is 6.92 Å². The Hall–Kier alpha value is -1.81. The molecule has 0 bridgehead atoms. The zero-order valence-corrected chi connectivity index (χ0v) is 10.8. The van der Waals surface area contributed by atoms with E-state index in [9.17, 15) is 4.79 Å². The summed E-state index contributed by atoms with van der Waals surface area (Å²) in [6.07, 6.45) is 0. The van der Waals surface area contributed by atoms with Crippen molar-refractivity contribution in [2.45, 2.75) is 6.92 Å². The molecule has 1 aromatic heterocycles. The average molecular weight is 260 g/mol. The standard InChI is InChI=1S/C14H12O3S/c1-9(15)13-4-5-14(18-13)10-2-3-11-12(8-10)17-7-6-16-11/h2-5,8H,6-7H2,1H3. The van der Waals surface area contributed by atoms with Crippen LogP contribution in [0.2, 0.25) is 0 Å². The number of fused-ring (bicyclic) bond motifs is 1. The minimum Gasteiger partial charge on any atom is -0.486 e. The molecule has 1 aliphatic heterocycles. The smallest absolute Gasteiger partial charge is 0.169 e. The molecule has 0 N–H and O–H groups in total. The molecular weight excluding hydrogens is 248 g/mol. The highest BCUT2D eigenvalue weighted by atomic mass is 32.1. The first-order chi connectivity index (χ1) is 8.74. The van der Waals surface area contributed by atoms with Crippen LogP contribution in [0.3, 0.4) is 0 Å². The normalized spacial score (nSPS) is 13.4. The molecule has 0 fully saturated rings. The Morgan fingerprint density at radius 3 is 2.61 bits per heavy atom. The molecular formula is C14H12O3S. The lowest BCUT2D eigenvalue weighted by Crippen LogP contribution is -2.15. The van der Waals surface area contributed by atoms with Gasteiger partial charge in [0.05, 0.1) is 4.88 Å². The van der Waals surface area contributed by atoms with Crippen molar-refractivity contribution in [1.29, 1.82) is 0 Å². The molecule has 4 heteroatoms. The van der Waals surface area contributed by atoms with Gasteiger partial charge >= 0.3 is 0 Å². The molecule has 0 radical (unpaired) electrons. The Kier molecular flexibility index (Phi) is 2.80. The third-order valence-corrected chi connectivity index (χ3v) is 4.01. The van der Waals surface area contributed by atoms with E-state index in [1.165, 1.54) is 11.3 Å². The van der Waals surface area contributed by atoms with E-state index in [-0.39, 0.29) is 5.78 Å². The molecule has 92 valence electrons. The van der Waals surface area contributed by atoms with Crippen LogP contribution in [0.5, 0.6) is 11.5 Å². The average Bonchev–Trinajstić information content (AvgIpc) is 2.88. The summed E-state index contributed by atoms with van der Waals surface area (Å²) in [4.78, 5) is 13.1. The van der Waals surface area contributed by atoms with Crippen LogP contribution >= 0.6 is 11.3 Å². The fourth-order valence-electron chi connectivity index (χ4n) is 1.88. The van der Waals surface area contributed by atoms with Crippen molar-refractivity contribution in [3.05, 3.63) is 35.2 Å². The zero-order chi connectivity index (χ0) is 12.5. The van der Waals surface area contributed by atoms with E-state index in [1.807, 2.05) is 30.3 Å². The molecule has 18 heavy (non-hydrogen) atoms. The summed E-state index contributed by atoms with van der Waals surface area (Å²) in [5, 5.41) is 0. The molecule has 1 aromatic carbocycles. The highest BCUT2D eigenvalue weighted by Gasteiger charge is 2.13. The van der Waals surface area contributed by atoms with Gasteiger partial charge in [0.2, 0.25) is 0 Å². The van der Waals surface area contributed by atoms with Crippen LogP contribution in [0.1, 0.15) is 16.6 Å².